The van der Waals surface area contributed by atoms with Crippen molar-refractivity contribution in [3.63, 3.8) is 0 Å². The third kappa shape index (κ3) is 5.47. The van der Waals surface area contributed by atoms with Crippen LogP contribution in [0.5, 0.6) is 0 Å². The normalized spacial score (nSPS) is 19.8. The molecule has 5 rings (SSSR count). The predicted molar refractivity (Wildman–Crippen MR) is 146 cm³/mol. The van der Waals surface area contributed by atoms with Crippen LogP contribution in [0.15, 0.2) is 48.7 Å². The van der Waals surface area contributed by atoms with Gasteiger partial charge in [-0.3, -0.25) is 14.5 Å². The Balaban J connectivity index is 0.00000304. The van der Waals surface area contributed by atoms with E-state index in [1.165, 1.54) is 0 Å². The lowest BCUT2D eigenvalue weighted by Gasteiger charge is -2.33. The van der Waals surface area contributed by atoms with Crippen LogP contribution in [-0.4, -0.2) is 48.0 Å². The Morgan fingerprint density at radius 3 is 2.22 bits per heavy atom. The molecule has 10 heteroatoms. The van der Waals surface area contributed by atoms with Gasteiger partial charge >= 0.3 is 6.03 Å². The summed E-state index contributed by atoms with van der Waals surface area (Å²) >= 11 is 6.14. The average Bonchev–Trinajstić information content (AvgIpc) is 3.25. The maximum Gasteiger partial charge on any atom is 0.321 e. The van der Waals surface area contributed by atoms with Gasteiger partial charge in [0.15, 0.2) is 0 Å². The first-order valence-corrected chi connectivity index (χ1v) is 12.4. The molecule has 2 aromatic carbocycles. The minimum atomic E-state index is -0.187. The van der Waals surface area contributed by atoms with Crippen LogP contribution in [0.2, 0.25) is 5.02 Å². The largest absolute Gasteiger partial charge is 0.360 e. The number of fused-ring (bicyclic) bond motifs is 1. The summed E-state index contributed by atoms with van der Waals surface area (Å²) in [5, 5.41) is 10.6. The van der Waals surface area contributed by atoms with Crippen molar-refractivity contribution in [2.24, 2.45) is 0 Å². The number of amides is 4. The number of urea groups is 1. The Labute approximate surface area is 221 Å². The molecule has 190 valence electrons. The zero-order valence-electron chi connectivity index (χ0n) is 19.8. The minimum Gasteiger partial charge on any atom is -0.360 e. The number of H-pyrrole nitrogens is 1. The number of carbonyl (C=O) groups is 3. The SMILES string of the molecule is O=C(NC1CCCC[C@H]1NC(=O)c1ccc2c(Cl)c[nH]c2c1)c1ccc(N2CCCNC2=O)cc1.S. The molecule has 1 aromatic heterocycles. The van der Waals surface area contributed by atoms with Gasteiger partial charge in [-0.15, -0.1) is 0 Å². The van der Waals surface area contributed by atoms with E-state index in [0.717, 1.165) is 48.7 Å². The van der Waals surface area contributed by atoms with Crippen molar-refractivity contribution in [2.45, 2.75) is 44.2 Å². The van der Waals surface area contributed by atoms with Crippen LogP contribution in [0.3, 0.4) is 0 Å². The van der Waals surface area contributed by atoms with E-state index in [9.17, 15) is 14.4 Å². The van der Waals surface area contributed by atoms with Crippen LogP contribution in [-0.2, 0) is 0 Å². The van der Waals surface area contributed by atoms with Gasteiger partial charge in [0.1, 0.15) is 0 Å². The number of carbonyl (C=O) groups excluding carboxylic acids is 3. The molecule has 1 unspecified atom stereocenters. The molecule has 0 spiro atoms. The summed E-state index contributed by atoms with van der Waals surface area (Å²) in [5.74, 6) is -0.360. The first-order valence-electron chi connectivity index (χ1n) is 12.0. The van der Waals surface area contributed by atoms with Gasteiger partial charge < -0.3 is 20.9 Å². The van der Waals surface area contributed by atoms with Crippen molar-refractivity contribution in [1.82, 2.24) is 20.9 Å². The van der Waals surface area contributed by atoms with Crippen LogP contribution in [0.1, 0.15) is 52.8 Å². The maximum atomic E-state index is 13.0. The molecule has 1 saturated carbocycles. The molecule has 2 atom stereocenters. The van der Waals surface area contributed by atoms with E-state index in [0.29, 0.717) is 29.2 Å². The van der Waals surface area contributed by atoms with Gasteiger partial charge in [0.25, 0.3) is 11.8 Å². The third-order valence-electron chi connectivity index (χ3n) is 6.81. The van der Waals surface area contributed by atoms with E-state index >= 15 is 0 Å². The number of benzene rings is 2. The fourth-order valence-corrected chi connectivity index (χ4v) is 5.10. The van der Waals surface area contributed by atoms with Crippen molar-refractivity contribution in [2.75, 3.05) is 18.0 Å². The summed E-state index contributed by atoms with van der Waals surface area (Å²) in [5.41, 5.74) is 2.64. The fraction of sp³-hybridized carbons (Fsp3) is 0.346. The van der Waals surface area contributed by atoms with E-state index in [-0.39, 0.29) is 43.4 Å². The second kappa shape index (κ2) is 11.3. The summed E-state index contributed by atoms with van der Waals surface area (Å²) in [6, 6.07) is 12.0. The first-order chi connectivity index (χ1) is 17.0. The lowest BCUT2D eigenvalue weighted by Crippen LogP contribution is -2.53. The molecule has 1 saturated heterocycles. The number of hydrogen-bond acceptors (Lipinski definition) is 3. The monoisotopic (exact) mass is 527 g/mol. The Bertz CT molecular complexity index is 1260. The van der Waals surface area contributed by atoms with Crippen LogP contribution in [0, 0.1) is 0 Å². The van der Waals surface area contributed by atoms with Crippen LogP contribution < -0.4 is 20.9 Å². The Kier molecular flexibility index (Phi) is 8.11. The molecule has 2 heterocycles. The second-order valence-electron chi connectivity index (χ2n) is 9.13. The quantitative estimate of drug-likeness (QED) is 0.397. The van der Waals surface area contributed by atoms with Gasteiger partial charge in [-0.25, -0.2) is 4.79 Å². The zero-order chi connectivity index (χ0) is 24.4. The number of nitrogens with one attached hydrogen (secondary N) is 4. The van der Waals surface area contributed by atoms with Gasteiger partial charge in [-0.2, -0.15) is 13.5 Å². The number of anilines is 1. The van der Waals surface area contributed by atoms with Crippen molar-refractivity contribution < 1.29 is 14.4 Å². The molecule has 4 N–H and O–H groups in total. The van der Waals surface area contributed by atoms with Gasteiger partial charge in [-0.05, 0) is 55.7 Å². The molecule has 3 aromatic rings. The maximum absolute atomic E-state index is 13.0. The number of nitrogens with zero attached hydrogens (tertiary/aromatic N) is 1. The summed E-state index contributed by atoms with van der Waals surface area (Å²) in [6.45, 7) is 1.34. The molecular weight excluding hydrogens is 498 g/mol. The fourth-order valence-electron chi connectivity index (χ4n) is 4.88. The molecule has 0 radical (unpaired) electrons. The van der Waals surface area contributed by atoms with Gasteiger partial charge in [0, 0.05) is 59.1 Å². The van der Waals surface area contributed by atoms with Crippen LogP contribution in [0.25, 0.3) is 10.9 Å². The molecule has 4 amide bonds. The number of hydrogen-bond donors (Lipinski definition) is 4. The molecule has 0 bridgehead atoms. The van der Waals surface area contributed by atoms with Gasteiger partial charge in [0.05, 0.1) is 5.02 Å². The molecule has 1 aliphatic heterocycles. The summed E-state index contributed by atoms with van der Waals surface area (Å²) in [4.78, 5) is 42.8. The minimum absolute atomic E-state index is 0. The molecule has 1 aliphatic carbocycles. The molecule has 8 nitrogen and oxygen atoms in total. The Hall–Kier alpha value is -3.17. The van der Waals surface area contributed by atoms with E-state index in [1.54, 1.807) is 47.5 Å². The third-order valence-corrected chi connectivity index (χ3v) is 7.13. The molecule has 2 aliphatic rings. The van der Waals surface area contributed by atoms with E-state index in [1.807, 2.05) is 6.07 Å². The molecule has 36 heavy (non-hydrogen) atoms. The number of aromatic amines is 1. The zero-order valence-corrected chi connectivity index (χ0v) is 21.5. The Morgan fingerprint density at radius 1 is 0.917 bits per heavy atom. The number of aromatic nitrogens is 1. The number of rotatable bonds is 5. The molecule has 2 fully saturated rings. The highest BCUT2D eigenvalue weighted by molar-refractivity contribution is 7.59. The highest BCUT2D eigenvalue weighted by Crippen LogP contribution is 2.25. The summed E-state index contributed by atoms with van der Waals surface area (Å²) < 4.78 is 0. The van der Waals surface area contributed by atoms with Crippen LogP contribution in [0.4, 0.5) is 10.5 Å². The van der Waals surface area contributed by atoms with Crippen molar-refractivity contribution in [1.29, 1.82) is 0 Å². The highest BCUT2D eigenvalue weighted by Gasteiger charge is 2.29. The summed E-state index contributed by atoms with van der Waals surface area (Å²) in [7, 11) is 0. The van der Waals surface area contributed by atoms with E-state index in [2.05, 4.69) is 20.9 Å². The first kappa shape index (κ1) is 25.9. The smallest absolute Gasteiger partial charge is 0.321 e. The predicted octanol–water partition coefficient (Wildman–Crippen LogP) is 4.32. The Morgan fingerprint density at radius 2 is 1.56 bits per heavy atom. The van der Waals surface area contributed by atoms with Gasteiger partial charge in [-0.1, -0.05) is 30.5 Å². The van der Waals surface area contributed by atoms with Crippen LogP contribution >= 0.6 is 25.1 Å². The highest BCUT2D eigenvalue weighted by atomic mass is 35.5. The lowest BCUT2D eigenvalue weighted by atomic mass is 9.89. The van der Waals surface area contributed by atoms with Crippen molar-refractivity contribution >= 4 is 59.5 Å². The standard InChI is InChI=1S/C26H28ClN5O3.H2S/c27-20-15-29-23-14-17(8-11-19(20)23)25(34)31-22-5-2-1-4-21(22)30-24(33)16-6-9-18(10-7-16)32-13-3-12-28-26(32)35;/h6-11,14-15,21-22,29H,1-5,12-13H2,(H,28,35)(H,30,33)(H,31,34);1H2/t21?,22-;/m1./s1. The second-order valence-corrected chi connectivity index (χ2v) is 9.53. The number of halogens is 1. The topological polar surface area (TPSA) is 106 Å². The molecular formula is C26H30ClN5O3S. The van der Waals surface area contributed by atoms with Crippen molar-refractivity contribution in [3.05, 3.63) is 64.8 Å². The van der Waals surface area contributed by atoms with Gasteiger partial charge in [0.2, 0.25) is 0 Å². The van der Waals surface area contributed by atoms with E-state index in [4.69, 9.17) is 11.6 Å². The summed E-state index contributed by atoms with van der Waals surface area (Å²) in [6.07, 6.45) is 6.18. The van der Waals surface area contributed by atoms with E-state index < -0.39 is 0 Å². The average molecular weight is 528 g/mol. The lowest BCUT2D eigenvalue weighted by molar-refractivity contribution is 0.0863. The van der Waals surface area contributed by atoms with Crippen molar-refractivity contribution in [3.8, 4) is 0 Å².